The van der Waals surface area contributed by atoms with Crippen LogP contribution in [0.25, 0.3) is 0 Å². The molecule has 0 aromatic heterocycles. The molecular weight excluding hydrogens is 320 g/mol. The Kier molecular flexibility index (Phi) is 5.18. The van der Waals surface area contributed by atoms with E-state index in [-0.39, 0.29) is 18.4 Å². The minimum absolute atomic E-state index is 0.0595. The van der Waals surface area contributed by atoms with Crippen LogP contribution in [0.4, 0.5) is 5.69 Å². The molecule has 1 heterocycles. The Morgan fingerprint density at radius 1 is 1.20 bits per heavy atom. The van der Waals surface area contributed by atoms with Crippen molar-refractivity contribution < 1.29 is 19.1 Å². The molecular formula is C19H20N2O4. The molecule has 2 N–H and O–H groups in total. The molecule has 0 aliphatic carbocycles. The summed E-state index contributed by atoms with van der Waals surface area (Å²) >= 11 is 0. The number of hydrogen-bond donors (Lipinski definition) is 2. The maximum atomic E-state index is 12.4. The Hall–Kier alpha value is -3.02. The predicted octanol–water partition coefficient (Wildman–Crippen LogP) is 2.39. The number of ether oxygens (including phenoxy) is 2. The van der Waals surface area contributed by atoms with Gasteiger partial charge >= 0.3 is 0 Å². The third kappa shape index (κ3) is 4.29. The highest BCUT2D eigenvalue weighted by atomic mass is 16.5. The van der Waals surface area contributed by atoms with E-state index in [4.69, 9.17) is 9.47 Å². The van der Waals surface area contributed by atoms with Crippen molar-refractivity contribution in [3.63, 3.8) is 0 Å². The van der Waals surface area contributed by atoms with Crippen LogP contribution < -0.4 is 20.1 Å². The molecule has 0 bridgehead atoms. The number of rotatable bonds is 6. The Balaban J connectivity index is 1.63. The summed E-state index contributed by atoms with van der Waals surface area (Å²) in [5.41, 5.74) is 2.24. The molecule has 0 atom stereocenters. The topological polar surface area (TPSA) is 76.7 Å². The second kappa shape index (κ2) is 7.70. The lowest BCUT2D eigenvalue weighted by molar-refractivity contribution is -0.122. The van der Waals surface area contributed by atoms with Crippen molar-refractivity contribution in [2.45, 2.75) is 13.3 Å². The molecule has 130 valence electrons. The van der Waals surface area contributed by atoms with Crippen LogP contribution in [0.1, 0.15) is 22.8 Å². The average Bonchev–Trinajstić information content (AvgIpc) is 3.08. The summed E-state index contributed by atoms with van der Waals surface area (Å²) in [6, 6.07) is 12.4. The maximum Gasteiger partial charge on any atom is 0.257 e. The van der Waals surface area contributed by atoms with E-state index in [1.165, 1.54) is 0 Å². The van der Waals surface area contributed by atoms with Crippen LogP contribution in [0.2, 0.25) is 0 Å². The number of carbonyl (C=O) groups excluding carboxylic acids is 2. The molecule has 2 amide bonds. The van der Waals surface area contributed by atoms with E-state index < -0.39 is 0 Å². The number of anilines is 1. The zero-order valence-electron chi connectivity index (χ0n) is 14.0. The minimum Gasteiger partial charge on any atom is -0.493 e. The normalized spacial score (nSPS) is 12.0. The van der Waals surface area contributed by atoms with Crippen LogP contribution in [0.15, 0.2) is 42.5 Å². The van der Waals surface area contributed by atoms with Crippen LogP contribution in [-0.2, 0) is 11.2 Å². The maximum absolute atomic E-state index is 12.4. The van der Waals surface area contributed by atoms with Crippen molar-refractivity contribution >= 4 is 17.5 Å². The van der Waals surface area contributed by atoms with Crippen molar-refractivity contribution in [3.8, 4) is 11.5 Å². The summed E-state index contributed by atoms with van der Waals surface area (Å²) in [5.74, 6) is 0.983. The smallest absolute Gasteiger partial charge is 0.257 e. The molecule has 25 heavy (non-hydrogen) atoms. The minimum atomic E-state index is -0.199. The molecule has 0 fully saturated rings. The molecule has 0 unspecified atom stereocenters. The molecule has 6 heteroatoms. The van der Waals surface area contributed by atoms with Crippen LogP contribution in [0.5, 0.6) is 11.5 Å². The van der Waals surface area contributed by atoms with Gasteiger partial charge in [0.15, 0.2) is 6.61 Å². The van der Waals surface area contributed by atoms with Crippen molar-refractivity contribution in [3.05, 3.63) is 53.6 Å². The SMILES string of the molecule is CCNC(=O)COc1cccc(NC(=O)c2ccc3c(c2)CCO3)c1. The monoisotopic (exact) mass is 340 g/mol. The fraction of sp³-hybridized carbons (Fsp3) is 0.263. The first-order valence-corrected chi connectivity index (χ1v) is 8.22. The second-order valence-corrected chi connectivity index (χ2v) is 5.65. The predicted molar refractivity (Wildman–Crippen MR) is 94.2 cm³/mol. The van der Waals surface area contributed by atoms with Crippen molar-refractivity contribution in [1.82, 2.24) is 5.32 Å². The molecule has 6 nitrogen and oxygen atoms in total. The Morgan fingerprint density at radius 2 is 2.08 bits per heavy atom. The van der Waals surface area contributed by atoms with E-state index in [9.17, 15) is 9.59 Å². The summed E-state index contributed by atoms with van der Waals surface area (Å²) in [7, 11) is 0. The first kappa shape index (κ1) is 16.8. The molecule has 2 aromatic carbocycles. The van der Waals surface area contributed by atoms with Gasteiger partial charge in [-0.2, -0.15) is 0 Å². The van der Waals surface area contributed by atoms with Crippen LogP contribution >= 0.6 is 0 Å². The number of benzene rings is 2. The fourth-order valence-corrected chi connectivity index (χ4v) is 2.59. The molecule has 0 spiro atoms. The van der Waals surface area contributed by atoms with Crippen LogP contribution in [0, 0.1) is 0 Å². The Bertz CT molecular complexity index is 789. The van der Waals surface area contributed by atoms with Gasteiger partial charge in [-0.25, -0.2) is 0 Å². The lowest BCUT2D eigenvalue weighted by atomic mass is 10.1. The molecule has 1 aliphatic rings. The highest BCUT2D eigenvalue weighted by molar-refractivity contribution is 6.04. The van der Waals surface area contributed by atoms with Gasteiger partial charge in [0.25, 0.3) is 11.8 Å². The standard InChI is InChI=1S/C19H20N2O4/c1-2-20-18(22)12-25-16-5-3-4-15(11-16)21-19(23)14-6-7-17-13(10-14)8-9-24-17/h3-7,10-11H,2,8-9,12H2,1H3,(H,20,22)(H,21,23). The summed E-state index contributed by atoms with van der Waals surface area (Å²) in [5, 5.41) is 5.50. The number of amides is 2. The van der Waals surface area contributed by atoms with E-state index in [0.717, 1.165) is 17.7 Å². The van der Waals surface area contributed by atoms with Crippen molar-refractivity contribution in [2.24, 2.45) is 0 Å². The van der Waals surface area contributed by atoms with Gasteiger partial charge in [0.2, 0.25) is 0 Å². The molecule has 1 aliphatic heterocycles. The van der Waals surface area contributed by atoms with Gasteiger partial charge in [-0.15, -0.1) is 0 Å². The number of likely N-dealkylation sites (N-methyl/N-ethyl adjacent to an activating group) is 1. The molecule has 2 aromatic rings. The lowest BCUT2D eigenvalue weighted by Gasteiger charge is -2.10. The molecule has 0 saturated heterocycles. The zero-order valence-corrected chi connectivity index (χ0v) is 14.0. The first-order valence-electron chi connectivity index (χ1n) is 8.22. The summed E-state index contributed by atoms with van der Waals surface area (Å²) < 4.78 is 10.9. The van der Waals surface area contributed by atoms with Crippen molar-refractivity contribution in [2.75, 3.05) is 25.1 Å². The van der Waals surface area contributed by atoms with E-state index >= 15 is 0 Å². The largest absolute Gasteiger partial charge is 0.493 e. The number of hydrogen-bond acceptors (Lipinski definition) is 4. The summed E-state index contributed by atoms with van der Waals surface area (Å²) in [6.07, 6.45) is 0.819. The van der Waals surface area contributed by atoms with Gasteiger partial charge in [0, 0.05) is 30.3 Å². The van der Waals surface area contributed by atoms with Gasteiger partial charge in [-0.3, -0.25) is 9.59 Å². The Morgan fingerprint density at radius 3 is 2.92 bits per heavy atom. The molecule has 0 saturated carbocycles. The number of nitrogens with one attached hydrogen (secondary N) is 2. The van der Waals surface area contributed by atoms with E-state index in [1.807, 2.05) is 19.1 Å². The first-order chi connectivity index (χ1) is 12.2. The number of carbonyl (C=O) groups is 2. The van der Waals surface area contributed by atoms with Crippen LogP contribution in [-0.4, -0.2) is 31.6 Å². The number of fused-ring (bicyclic) bond motifs is 1. The van der Waals surface area contributed by atoms with E-state index in [1.54, 1.807) is 30.3 Å². The lowest BCUT2D eigenvalue weighted by Crippen LogP contribution is -2.28. The quantitative estimate of drug-likeness (QED) is 0.846. The highest BCUT2D eigenvalue weighted by Gasteiger charge is 2.15. The molecule has 0 radical (unpaired) electrons. The van der Waals surface area contributed by atoms with Gasteiger partial charge < -0.3 is 20.1 Å². The van der Waals surface area contributed by atoms with Gasteiger partial charge in [0.1, 0.15) is 11.5 Å². The van der Waals surface area contributed by atoms with Gasteiger partial charge in [-0.05, 0) is 42.8 Å². The third-order valence-electron chi connectivity index (χ3n) is 3.79. The summed E-state index contributed by atoms with van der Waals surface area (Å²) in [6.45, 7) is 3.00. The van der Waals surface area contributed by atoms with E-state index in [0.29, 0.717) is 30.2 Å². The molecule has 3 rings (SSSR count). The Labute approximate surface area is 146 Å². The van der Waals surface area contributed by atoms with Crippen LogP contribution in [0.3, 0.4) is 0 Å². The van der Waals surface area contributed by atoms with Crippen molar-refractivity contribution in [1.29, 1.82) is 0 Å². The second-order valence-electron chi connectivity index (χ2n) is 5.65. The van der Waals surface area contributed by atoms with E-state index in [2.05, 4.69) is 10.6 Å². The fourth-order valence-electron chi connectivity index (χ4n) is 2.59. The average molecular weight is 340 g/mol. The summed E-state index contributed by atoms with van der Waals surface area (Å²) in [4.78, 5) is 23.9. The highest BCUT2D eigenvalue weighted by Crippen LogP contribution is 2.26. The van der Waals surface area contributed by atoms with Gasteiger partial charge in [-0.1, -0.05) is 6.07 Å². The van der Waals surface area contributed by atoms with Gasteiger partial charge in [0.05, 0.1) is 6.61 Å². The zero-order chi connectivity index (χ0) is 17.6. The third-order valence-corrected chi connectivity index (χ3v) is 3.79.